The fraction of sp³-hybridized carbons (Fsp3) is 0.435. The van der Waals surface area contributed by atoms with Crippen LogP contribution in [0.2, 0.25) is 0 Å². The maximum Gasteiger partial charge on any atom is 0.247 e. The van der Waals surface area contributed by atoms with Crippen molar-refractivity contribution in [2.24, 2.45) is 0 Å². The van der Waals surface area contributed by atoms with E-state index in [-0.39, 0.29) is 18.1 Å². The Kier molecular flexibility index (Phi) is 8.13. The van der Waals surface area contributed by atoms with Crippen molar-refractivity contribution in [3.8, 4) is 0 Å². The largest absolute Gasteiger partial charge is 0.394 e. The van der Waals surface area contributed by atoms with Gasteiger partial charge in [-0.2, -0.15) is 0 Å². The van der Waals surface area contributed by atoms with E-state index in [0.29, 0.717) is 31.7 Å². The molecule has 9 heteroatoms. The Morgan fingerprint density at radius 1 is 1.09 bits per heavy atom. The highest BCUT2D eigenvalue weighted by Gasteiger charge is 2.28. The van der Waals surface area contributed by atoms with Gasteiger partial charge in [0.15, 0.2) is 0 Å². The topological polar surface area (TPSA) is 89.0 Å². The number of amides is 2. The van der Waals surface area contributed by atoms with Crippen molar-refractivity contribution in [2.45, 2.75) is 19.0 Å². The number of hydrogen-bond donors (Lipinski definition) is 2. The van der Waals surface area contributed by atoms with Gasteiger partial charge in [-0.25, -0.2) is 9.37 Å². The molecule has 1 saturated heterocycles. The Labute approximate surface area is 187 Å². The average Bonchev–Trinajstić information content (AvgIpc) is 2.79. The van der Waals surface area contributed by atoms with Gasteiger partial charge < -0.3 is 25.1 Å². The van der Waals surface area contributed by atoms with Crippen molar-refractivity contribution < 1.29 is 19.1 Å². The molecule has 2 heterocycles. The zero-order valence-corrected chi connectivity index (χ0v) is 18.5. The summed E-state index contributed by atoms with van der Waals surface area (Å²) in [5, 5.41) is 12.2. The van der Waals surface area contributed by atoms with Crippen LogP contribution in [0.15, 0.2) is 42.6 Å². The van der Waals surface area contributed by atoms with Gasteiger partial charge in [0.2, 0.25) is 11.8 Å². The van der Waals surface area contributed by atoms with Crippen LogP contribution in [0, 0.1) is 5.82 Å². The minimum absolute atomic E-state index is 0.00727. The number of aliphatic hydroxyl groups excluding tert-OH is 1. The monoisotopic (exact) mass is 443 g/mol. The van der Waals surface area contributed by atoms with Gasteiger partial charge in [0.25, 0.3) is 0 Å². The van der Waals surface area contributed by atoms with Gasteiger partial charge in [0, 0.05) is 38.9 Å². The Morgan fingerprint density at radius 2 is 1.75 bits per heavy atom. The molecule has 2 N–H and O–H groups in total. The summed E-state index contributed by atoms with van der Waals surface area (Å²) in [5.74, 6) is -0.221. The highest BCUT2D eigenvalue weighted by molar-refractivity contribution is 5.88. The van der Waals surface area contributed by atoms with Crippen molar-refractivity contribution in [3.63, 3.8) is 0 Å². The number of hydrogen-bond acceptors (Lipinski definition) is 6. The van der Waals surface area contributed by atoms with E-state index >= 15 is 0 Å². The standard InChI is InChI=1S/C23H30FN5O3/c1-27(2)15-18-5-8-21(25-14-18)28-9-11-29(12-10-28)23(32)20(16-30)26-22(31)13-17-3-6-19(24)7-4-17/h3-8,14,20,30H,9-13,15-16H2,1-2H3,(H,26,31)/t20-/m0/s1. The van der Waals surface area contributed by atoms with E-state index in [0.717, 1.165) is 17.9 Å². The number of rotatable bonds is 8. The molecular weight excluding hydrogens is 413 g/mol. The summed E-state index contributed by atoms with van der Waals surface area (Å²) in [6, 6.07) is 8.64. The third kappa shape index (κ3) is 6.48. The number of aliphatic hydroxyl groups is 1. The lowest BCUT2D eigenvalue weighted by Gasteiger charge is -2.36. The van der Waals surface area contributed by atoms with Crippen molar-refractivity contribution in [2.75, 3.05) is 51.8 Å². The molecule has 1 aromatic carbocycles. The van der Waals surface area contributed by atoms with Gasteiger partial charge in [-0.05, 0) is 43.4 Å². The summed E-state index contributed by atoms with van der Waals surface area (Å²) in [7, 11) is 4.02. The van der Waals surface area contributed by atoms with Gasteiger partial charge in [-0.15, -0.1) is 0 Å². The van der Waals surface area contributed by atoms with Crippen LogP contribution >= 0.6 is 0 Å². The second-order valence-electron chi connectivity index (χ2n) is 8.18. The highest BCUT2D eigenvalue weighted by Crippen LogP contribution is 2.15. The fourth-order valence-corrected chi connectivity index (χ4v) is 3.66. The third-order valence-electron chi connectivity index (χ3n) is 5.32. The van der Waals surface area contributed by atoms with E-state index in [1.54, 1.807) is 4.90 Å². The first-order valence-electron chi connectivity index (χ1n) is 10.6. The molecule has 1 aliphatic rings. The van der Waals surface area contributed by atoms with Crippen LogP contribution in [0.25, 0.3) is 0 Å². The number of benzene rings is 1. The molecule has 1 atom stereocenters. The van der Waals surface area contributed by atoms with Crippen LogP contribution in [0.5, 0.6) is 0 Å². The van der Waals surface area contributed by atoms with E-state index in [1.165, 1.54) is 24.3 Å². The average molecular weight is 444 g/mol. The SMILES string of the molecule is CN(C)Cc1ccc(N2CCN(C(=O)[C@H](CO)NC(=O)Cc3ccc(F)cc3)CC2)nc1. The molecule has 0 unspecified atom stereocenters. The van der Waals surface area contributed by atoms with Crippen LogP contribution in [0.3, 0.4) is 0 Å². The fourth-order valence-electron chi connectivity index (χ4n) is 3.66. The number of nitrogens with one attached hydrogen (secondary N) is 1. The van der Waals surface area contributed by atoms with Crippen LogP contribution in [-0.4, -0.2) is 84.6 Å². The molecule has 3 rings (SSSR count). The van der Waals surface area contributed by atoms with Crippen LogP contribution in [0.1, 0.15) is 11.1 Å². The number of halogens is 1. The molecule has 0 spiro atoms. The number of carbonyl (C=O) groups excluding carboxylic acids is 2. The lowest BCUT2D eigenvalue weighted by Crippen LogP contribution is -2.56. The molecule has 0 radical (unpaired) electrons. The van der Waals surface area contributed by atoms with Crippen molar-refractivity contribution >= 4 is 17.6 Å². The van der Waals surface area contributed by atoms with Crippen molar-refractivity contribution in [3.05, 3.63) is 59.5 Å². The minimum atomic E-state index is -1.00. The number of aromatic nitrogens is 1. The molecule has 1 fully saturated rings. The zero-order valence-electron chi connectivity index (χ0n) is 18.5. The Balaban J connectivity index is 1.50. The summed E-state index contributed by atoms with van der Waals surface area (Å²) >= 11 is 0. The number of pyridine rings is 1. The van der Waals surface area contributed by atoms with Gasteiger partial charge in [-0.3, -0.25) is 9.59 Å². The molecule has 1 aromatic heterocycles. The molecule has 1 aliphatic heterocycles. The predicted octanol–water partition coefficient (Wildman–Crippen LogP) is 0.651. The summed E-state index contributed by atoms with van der Waals surface area (Å²) < 4.78 is 13.0. The predicted molar refractivity (Wildman–Crippen MR) is 120 cm³/mol. The molecule has 2 amide bonds. The molecule has 0 bridgehead atoms. The second kappa shape index (κ2) is 11.0. The van der Waals surface area contributed by atoms with Crippen molar-refractivity contribution in [1.29, 1.82) is 0 Å². The van der Waals surface area contributed by atoms with Gasteiger partial charge >= 0.3 is 0 Å². The van der Waals surface area contributed by atoms with Gasteiger partial charge in [-0.1, -0.05) is 18.2 Å². The summed E-state index contributed by atoms with van der Waals surface area (Å²) in [6.07, 6.45) is 1.87. The second-order valence-corrected chi connectivity index (χ2v) is 8.18. The van der Waals surface area contributed by atoms with Crippen LogP contribution in [-0.2, 0) is 22.6 Å². The first-order chi connectivity index (χ1) is 15.4. The molecule has 2 aromatic rings. The van der Waals surface area contributed by atoms with E-state index in [9.17, 15) is 19.1 Å². The number of anilines is 1. The Hall–Kier alpha value is -3.04. The molecule has 0 aliphatic carbocycles. The number of nitrogens with zero attached hydrogens (tertiary/aromatic N) is 4. The first kappa shape index (κ1) is 23.6. The van der Waals surface area contributed by atoms with Crippen molar-refractivity contribution in [1.82, 2.24) is 20.1 Å². The molecule has 8 nitrogen and oxygen atoms in total. The smallest absolute Gasteiger partial charge is 0.247 e. The molecular formula is C23H30FN5O3. The number of piperazine rings is 1. The Morgan fingerprint density at radius 3 is 2.31 bits per heavy atom. The van der Waals surface area contributed by atoms with Gasteiger partial charge in [0.1, 0.15) is 17.7 Å². The molecule has 0 saturated carbocycles. The first-order valence-corrected chi connectivity index (χ1v) is 10.6. The summed E-state index contributed by atoms with van der Waals surface area (Å²) in [4.78, 5) is 35.5. The summed E-state index contributed by atoms with van der Waals surface area (Å²) in [5.41, 5.74) is 1.76. The van der Waals surface area contributed by atoms with E-state index in [4.69, 9.17) is 0 Å². The number of carbonyl (C=O) groups is 2. The normalized spacial score (nSPS) is 15.0. The maximum absolute atomic E-state index is 13.0. The highest BCUT2D eigenvalue weighted by atomic mass is 19.1. The van der Waals surface area contributed by atoms with Crippen LogP contribution < -0.4 is 10.2 Å². The third-order valence-corrected chi connectivity index (χ3v) is 5.32. The Bertz CT molecular complexity index is 897. The van der Waals surface area contributed by atoms with E-state index in [2.05, 4.69) is 26.2 Å². The van der Waals surface area contributed by atoms with Gasteiger partial charge in [0.05, 0.1) is 13.0 Å². The lowest BCUT2D eigenvalue weighted by atomic mass is 10.1. The quantitative estimate of drug-likeness (QED) is 0.623. The maximum atomic E-state index is 13.0. The molecule has 32 heavy (non-hydrogen) atoms. The van der Waals surface area contributed by atoms with E-state index < -0.39 is 18.6 Å². The molecule has 172 valence electrons. The minimum Gasteiger partial charge on any atom is -0.394 e. The zero-order chi connectivity index (χ0) is 23.1. The summed E-state index contributed by atoms with van der Waals surface area (Å²) in [6.45, 7) is 2.53. The lowest BCUT2D eigenvalue weighted by molar-refractivity contribution is -0.137. The van der Waals surface area contributed by atoms with Crippen LogP contribution in [0.4, 0.5) is 10.2 Å². The van der Waals surface area contributed by atoms with E-state index in [1.807, 2.05) is 26.4 Å².